The van der Waals surface area contributed by atoms with E-state index in [1.165, 1.54) is 4.90 Å². The molecule has 2 saturated heterocycles. The maximum Gasteiger partial charge on any atom is 0.316 e. The first-order valence-corrected chi connectivity index (χ1v) is 12.7. The first-order chi connectivity index (χ1) is 17.5. The van der Waals surface area contributed by atoms with E-state index in [4.69, 9.17) is 4.74 Å². The van der Waals surface area contributed by atoms with Crippen molar-refractivity contribution in [3.05, 3.63) is 72.3 Å². The molecule has 0 N–H and O–H groups in total. The van der Waals surface area contributed by atoms with Crippen molar-refractivity contribution in [2.75, 3.05) is 11.4 Å². The molecular weight excluding hydrogens is 456 g/mol. The number of carbonyl (C=O) groups excluding carboxylic acids is 4. The van der Waals surface area contributed by atoms with Gasteiger partial charge in [-0.2, -0.15) is 0 Å². The van der Waals surface area contributed by atoms with Crippen molar-refractivity contribution >= 4 is 29.4 Å². The van der Waals surface area contributed by atoms with Crippen molar-refractivity contribution in [3.8, 4) is 5.75 Å². The van der Waals surface area contributed by atoms with Crippen LogP contribution in [0, 0.1) is 41.4 Å². The second-order valence-electron chi connectivity index (χ2n) is 10.7. The van der Waals surface area contributed by atoms with Gasteiger partial charge >= 0.3 is 5.97 Å². The number of rotatable bonds is 5. The number of likely N-dealkylation sites (tertiary alicyclic amines) is 1. The summed E-state index contributed by atoms with van der Waals surface area (Å²) in [7, 11) is 0. The predicted octanol–water partition coefficient (Wildman–Crippen LogP) is 3.20. The summed E-state index contributed by atoms with van der Waals surface area (Å²) in [5, 5.41) is 0. The van der Waals surface area contributed by atoms with Gasteiger partial charge in [0.2, 0.25) is 17.7 Å². The van der Waals surface area contributed by atoms with Gasteiger partial charge in [-0.15, -0.1) is 0 Å². The molecule has 2 aromatic carbocycles. The van der Waals surface area contributed by atoms with Gasteiger partial charge in [-0.25, -0.2) is 4.90 Å². The smallest absolute Gasteiger partial charge is 0.316 e. The van der Waals surface area contributed by atoms with Crippen LogP contribution in [0.1, 0.15) is 18.4 Å². The van der Waals surface area contributed by atoms with E-state index >= 15 is 0 Å². The zero-order valence-electron chi connectivity index (χ0n) is 19.7. The summed E-state index contributed by atoms with van der Waals surface area (Å²) in [5.74, 6) is -0.281. The lowest BCUT2D eigenvalue weighted by Gasteiger charge is -2.37. The van der Waals surface area contributed by atoms with Crippen molar-refractivity contribution in [2.24, 2.45) is 41.4 Å². The second-order valence-corrected chi connectivity index (χ2v) is 10.7. The third-order valence-corrected chi connectivity index (χ3v) is 8.72. The highest BCUT2D eigenvalue weighted by molar-refractivity contribution is 6.22. The quantitative estimate of drug-likeness (QED) is 0.283. The lowest BCUT2D eigenvalue weighted by molar-refractivity contribution is -0.139. The van der Waals surface area contributed by atoms with Crippen LogP contribution < -0.4 is 9.64 Å². The SMILES string of the molecule is O=C(Oc1cccc(N2C(=O)[C@@H]3[C@H]4C=C[C@@H]([C@@H]5C[C@H]45)[C@@H]3C2=O)c1)[C@@H]1CC(=O)N(Cc2ccccc2)C1. The van der Waals surface area contributed by atoms with Crippen molar-refractivity contribution in [2.45, 2.75) is 19.4 Å². The number of imide groups is 1. The minimum absolute atomic E-state index is 0.0771. The van der Waals surface area contributed by atoms with E-state index < -0.39 is 11.9 Å². The fourth-order valence-corrected chi connectivity index (χ4v) is 6.98. The summed E-state index contributed by atoms with van der Waals surface area (Å²) in [4.78, 5) is 55.1. The lowest BCUT2D eigenvalue weighted by Crippen LogP contribution is -2.40. The zero-order valence-corrected chi connectivity index (χ0v) is 19.7. The van der Waals surface area contributed by atoms with Crippen LogP contribution in [0.15, 0.2) is 66.7 Å². The van der Waals surface area contributed by atoms with Crippen LogP contribution in [-0.4, -0.2) is 35.1 Å². The Morgan fingerprint density at radius 2 is 1.58 bits per heavy atom. The van der Waals surface area contributed by atoms with Gasteiger partial charge < -0.3 is 9.64 Å². The largest absolute Gasteiger partial charge is 0.426 e. The van der Waals surface area contributed by atoms with Crippen molar-refractivity contribution in [1.82, 2.24) is 4.90 Å². The van der Waals surface area contributed by atoms with Crippen LogP contribution in [-0.2, 0) is 25.7 Å². The maximum atomic E-state index is 13.4. The van der Waals surface area contributed by atoms with Gasteiger partial charge in [0.1, 0.15) is 5.75 Å². The third-order valence-electron chi connectivity index (χ3n) is 8.72. The van der Waals surface area contributed by atoms with E-state index in [1.807, 2.05) is 30.3 Å². The highest BCUT2D eigenvalue weighted by Gasteiger charge is 2.67. The molecule has 182 valence electrons. The van der Waals surface area contributed by atoms with Gasteiger partial charge in [0, 0.05) is 25.6 Å². The molecule has 0 unspecified atom stereocenters. The van der Waals surface area contributed by atoms with E-state index in [2.05, 4.69) is 12.2 Å². The van der Waals surface area contributed by atoms with Crippen LogP contribution in [0.4, 0.5) is 5.69 Å². The molecule has 6 aliphatic rings. The van der Waals surface area contributed by atoms with Crippen molar-refractivity contribution in [1.29, 1.82) is 0 Å². The number of carbonyl (C=O) groups is 4. The van der Waals surface area contributed by atoms with Gasteiger partial charge in [-0.3, -0.25) is 19.2 Å². The Kier molecular flexibility index (Phi) is 4.72. The Morgan fingerprint density at radius 3 is 2.28 bits per heavy atom. The standard InChI is InChI=1S/C29H26N2O5/c32-24-11-17(15-30(24)14-16-5-2-1-3-6-16)29(35)36-19-8-4-7-18(12-19)31-27(33)25-20-9-10-21(23-13-22(20)23)26(25)28(31)34/h1-10,12,17,20-23,25-26H,11,13-15H2/t17-,20+,21+,22-,23+,25-,26+/m1/s1. The molecule has 7 atom stereocenters. The molecule has 4 fully saturated rings. The molecule has 2 bridgehead atoms. The molecule has 8 rings (SSSR count). The number of ether oxygens (including phenoxy) is 1. The molecule has 7 nitrogen and oxygen atoms in total. The van der Waals surface area contributed by atoms with Crippen LogP contribution >= 0.6 is 0 Å². The summed E-state index contributed by atoms with van der Waals surface area (Å²) in [6.45, 7) is 0.760. The third kappa shape index (κ3) is 3.25. The molecule has 0 aromatic heterocycles. The minimum atomic E-state index is -0.559. The fourth-order valence-electron chi connectivity index (χ4n) is 6.98. The highest BCUT2D eigenvalue weighted by atomic mass is 16.5. The van der Waals surface area contributed by atoms with E-state index in [0.29, 0.717) is 30.6 Å². The predicted molar refractivity (Wildman–Crippen MR) is 129 cm³/mol. The van der Waals surface area contributed by atoms with E-state index in [0.717, 1.165) is 12.0 Å². The number of benzene rings is 2. The average molecular weight is 483 g/mol. The number of allylic oxidation sites excluding steroid dienone is 2. The molecule has 2 heterocycles. The van der Waals surface area contributed by atoms with Crippen molar-refractivity contribution in [3.63, 3.8) is 0 Å². The van der Waals surface area contributed by atoms with Gasteiger partial charge in [0.05, 0.1) is 23.4 Å². The summed E-state index contributed by atoms with van der Waals surface area (Å²) >= 11 is 0. The molecular formula is C29H26N2O5. The van der Waals surface area contributed by atoms with Gasteiger partial charge in [0.15, 0.2) is 0 Å². The summed E-state index contributed by atoms with van der Waals surface area (Å²) in [6.07, 6.45) is 5.53. The van der Waals surface area contributed by atoms with E-state index in [-0.39, 0.29) is 53.6 Å². The lowest BCUT2D eigenvalue weighted by atomic mass is 9.63. The topological polar surface area (TPSA) is 84.0 Å². The Morgan fingerprint density at radius 1 is 0.889 bits per heavy atom. The number of esters is 1. The van der Waals surface area contributed by atoms with Gasteiger partial charge in [0.25, 0.3) is 0 Å². The molecule has 2 aliphatic heterocycles. The van der Waals surface area contributed by atoms with Gasteiger partial charge in [-0.05, 0) is 47.8 Å². The molecule has 4 aliphatic carbocycles. The number of anilines is 1. The average Bonchev–Trinajstić information content (AvgIpc) is 3.57. The molecule has 7 heteroatoms. The molecule has 3 amide bonds. The molecule has 0 radical (unpaired) electrons. The number of amides is 3. The first-order valence-electron chi connectivity index (χ1n) is 12.7. The van der Waals surface area contributed by atoms with Crippen LogP contribution in [0.25, 0.3) is 0 Å². The van der Waals surface area contributed by atoms with Crippen LogP contribution in [0.3, 0.4) is 0 Å². The van der Waals surface area contributed by atoms with Crippen LogP contribution in [0.5, 0.6) is 5.75 Å². The fraction of sp³-hybridized carbons (Fsp3) is 0.379. The first kappa shape index (κ1) is 21.5. The maximum absolute atomic E-state index is 13.4. The summed E-state index contributed by atoms with van der Waals surface area (Å²) in [6, 6.07) is 16.3. The van der Waals surface area contributed by atoms with Crippen LogP contribution in [0.2, 0.25) is 0 Å². The summed E-state index contributed by atoms with van der Waals surface area (Å²) < 4.78 is 5.63. The highest BCUT2D eigenvalue weighted by Crippen LogP contribution is 2.65. The Balaban J connectivity index is 1.05. The monoisotopic (exact) mass is 482 g/mol. The van der Waals surface area contributed by atoms with E-state index in [1.54, 1.807) is 29.2 Å². The van der Waals surface area contributed by atoms with Crippen molar-refractivity contribution < 1.29 is 23.9 Å². The summed E-state index contributed by atoms with van der Waals surface area (Å²) in [5.41, 5.74) is 1.44. The Labute approximate surface area is 208 Å². The molecule has 2 saturated carbocycles. The number of nitrogens with zero attached hydrogens (tertiary/aromatic N) is 2. The van der Waals surface area contributed by atoms with Gasteiger partial charge in [-0.1, -0.05) is 48.6 Å². The normalized spacial score (nSPS) is 33.7. The number of hydrogen-bond acceptors (Lipinski definition) is 5. The van der Waals surface area contributed by atoms with E-state index in [9.17, 15) is 19.2 Å². The number of hydrogen-bond donors (Lipinski definition) is 0. The second kappa shape index (κ2) is 7.88. The Bertz CT molecular complexity index is 1280. The minimum Gasteiger partial charge on any atom is -0.426 e. The molecule has 0 spiro atoms. The zero-order chi connectivity index (χ0) is 24.6. The Hall–Kier alpha value is -3.74. The molecule has 36 heavy (non-hydrogen) atoms. The molecule has 2 aromatic rings.